The van der Waals surface area contributed by atoms with Gasteiger partial charge in [0, 0.05) is 24.7 Å². The normalized spacial score (nSPS) is 30.0. The molecule has 3 aliphatic carbocycles. The van der Waals surface area contributed by atoms with Crippen LogP contribution in [-0.2, 0) is 17.8 Å². The van der Waals surface area contributed by atoms with Gasteiger partial charge < -0.3 is 10.0 Å². The summed E-state index contributed by atoms with van der Waals surface area (Å²) in [5.41, 5.74) is 3.78. The van der Waals surface area contributed by atoms with Crippen molar-refractivity contribution in [3.8, 4) is 0 Å². The second-order valence-electron chi connectivity index (χ2n) is 14.6. The molecule has 4 fully saturated rings. The fourth-order valence-electron chi connectivity index (χ4n) is 8.79. The van der Waals surface area contributed by atoms with Crippen LogP contribution in [0.3, 0.4) is 0 Å². The standard InChI is InChI=1S/C36H52FN3O2/c1-3-40-35(22-32(38-40)17-25-9-7-24(2)8-10-25)27-13-15-39(16-14-27)23-30-19-29(34(36(41)42)18-26-11-12-26)21-33(30)28-5-4-6-31(37)20-28/h4-6,20,22,24-27,29-30,33-34H,3,7-19,21,23H2,1-2H3,(H,41,42)/t24?,25?,29?,30?,33?,34-/m0/s1. The number of hydrogen-bond acceptors (Lipinski definition) is 3. The first-order chi connectivity index (χ1) is 20.4. The van der Waals surface area contributed by atoms with Gasteiger partial charge >= 0.3 is 5.97 Å². The Bertz CT molecular complexity index is 1190. The number of piperidine rings is 1. The summed E-state index contributed by atoms with van der Waals surface area (Å²) in [5, 5.41) is 15.2. The summed E-state index contributed by atoms with van der Waals surface area (Å²) >= 11 is 0. The highest BCUT2D eigenvalue weighted by Crippen LogP contribution is 2.50. The minimum atomic E-state index is -0.628. The first-order valence-electron chi connectivity index (χ1n) is 17.1. The molecule has 6 rings (SSSR count). The number of rotatable bonds is 11. The van der Waals surface area contributed by atoms with E-state index in [1.807, 2.05) is 6.07 Å². The largest absolute Gasteiger partial charge is 0.481 e. The molecule has 4 atom stereocenters. The highest BCUT2D eigenvalue weighted by Gasteiger charge is 2.43. The van der Waals surface area contributed by atoms with Crippen LogP contribution in [-0.4, -0.2) is 45.4 Å². The van der Waals surface area contributed by atoms with Crippen molar-refractivity contribution in [2.75, 3.05) is 19.6 Å². The molecule has 4 aliphatic rings. The molecule has 1 aromatic carbocycles. The predicted molar refractivity (Wildman–Crippen MR) is 165 cm³/mol. The minimum Gasteiger partial charge on any atom is -0.481 e. The summed E-state index contributed by atoms with van der Waals surface area (Å²) in [6.07, 6.45) is 13.8. The SMILES string of the molecule is CCn1nc(CC2CCC(C)CC2)cc1C1CCN(CC2CC([C@H](CC3CC3)C(=O)O)CC2c2cccc(F)c2)CC1. The van der Waals surface area contributed by atoms with Gasteiger partial charge in [0.05, 0.1) is 11.6 Å². The maximum Gasteiger partial charge on any atom is 0.306 e. The maximum atomic E-state index is 14.3. The molecule has 3 unspecified atom stereocenters. The molecule has 0 spiro atoms. The van der Waals surface area contributed by atoms with Gasteiger partial charge in [0.2, 0.25) is 0 Å². The van der Waals surface area contributed by atoms with Gasteiger partial charge in [-0.1, -0.05) is 44.7 Å². The van der Waals surface area contributed by atoms with E-state index in [9.17, 15) is 14.3 Å². The monoisotopic (exact) mass is 577 g/mol. The number of carboxylic acid groups (broad SMARTS) is 1. The lowest BCUT2D eigenvalue weighted by Crippen LogP contribution is -2.37. The fraction of sp³-hybridized carbons (Fsp3) is 0.722. The van der Waals surface area contributed by atoms with Crippen LogP contribution in [0.5, 0.6) is 0 Å². The van der Waals surface area contributed by atoms with E-state index in [0.29, 0.717) is 17.8 Å². The molecular weight excluding hydrogens is 525 g/mol. The molecule has 1 N–H and O–H groups in total. The molecule has 2 aromatic rings. The van der Waals surface area contributed by atoms with Crippen LogP contribution >= 0.6 is 0 Å². The molecule has 0 amide bonds. The summed E-state index contributed by atoms with van der Waals surface area (Å²) in [7, 11) is 0. The van der Waals surface area contributed by atoms with Gasteiger partial charge in [0.1, 0.15) is 5.82 Å². The average molecular weight is 578 g/mol. The molecule has 2 heterocycles. The lowest BCUT2D eigenvalue weighted by atomic mass is 9.81. The third kappa shape index (κ3) is 7.11. The van der Waals surface area contributed by atoms with Crippen LogP contribution in [0, 0.1) is 41.3 Å². The summed E-state index contributed by atoms with van der Waals surface area (Å²) < 4.78 is 16.5. The molecule has 1 saturated heterocycles. The number of carboxylic acids is 1. The second kappa shape index (κ2) is 13.2. The second-order valence-corrected chi connectivity index (χ2v) is 14.6. The number of likely N-dealkylation sites (tertiary alicyclic amines) is 1. The number of benzene rings is 1. The van der Waals surface area contributed by atoms with Crippen LogP contribution in [0.25, 0.3) is 0 Å². The smallest absolute Gasteiger partial charge is 0.306 e. The summed E-state index contributed by atoms with van der Waals surface area (Å²) in [6, 6.07) is 9.52. The van der Waals surface area contributed by atoms with Crippen LogP contribution in [0.2, 0.25) is 0 Å². The quantitative estimate of drug-likeness (QED) is 0.295. The number of aliphatic carboxylic acids is 1. The highest BCUT2D eigenvalue weighted by molar-refractivity contribution is 5.70. The van der Waals surface area contributed by atoms with E-state index < -0.39 is 5.97 Å². The van der Waals surface area contributed by atoms with Crippen molar-refractivity contribution in [2.45, 2.75) is 109 Å². The molecular formula is C36H52FN3O2. The number of carbonyl (C=O) groups is 1. The van der Waals surface area contributed by atoms with Crippen molar-refractivity contribution in [1.82, 2.24) is 14.7 Å². The molecule has 230 valence electrons. The molecule has 0 bridgehead atoms. The molecule has 1 aromatic heterocycles. The van der Waals surface area contributed by atoms with Crippen LogP contribution in [0.4, 0.5) is 4.39 Å². The van der Waals surface area contributed by atoms with E-state index in [0.717, 1.165) is 82.1 Å². The zero-order chi connectivity index (χ0) is 29.2. The predicted octanol–water partition coefficient (Wildman–Crippen LogP) is 7.90. The van der Waals surface area contributed by atoms with Crippen LogP contribution in [0.1, 0.15) is 113 Å². The number of aryl methyl sites for hydroxylation is 1. The Morgan fingerprint density at radius 2 is 1.76 bits per heavy atom. The molecule has 3 saturated carbocycles. The van der Waals surface area contributed by atoms with Gasteiger partial charge in [0.25, 0.3) is 0 Å². The Labute approximate surface area is 252 Å². The van der Waals surface area contributed by atoms with Gasteiger partial charge in [-0.15, -0.1) is 0 Å². The molecule has 5 nitrogen and oxygen atoms in total. The summed E-state index contributed by atoms with van der Waals surface area (Å²) in [6.45, 7) is 8.66. The first-order valence-corrected chi connectivity index (χ1v) is 17.1. The molecule has 1 aliphatic heterocycles. The van der Waals surface area contributed by atoms with E-state index in [1.165, 1.54) is 56.0 Å². The minimum absolute atomic E-state index is 0.184. The van der Waals surface area contributed by atoms with Gasteiger partial charge in [-0.05, 0) is 131 Å². The Morgan fingerprint density at radius 1 is 1.02 bits per heavy atom. The van der Waals surface area contributed by atoms with Crippen molar-refractivity contribution in [1.29, 1.82) is 0 Å². The van der Waals surface area contributed by atoms with Gasteiger partial charge in [-0.2, -0.15) is 5.10 Å². The van der Waals surface area contributed by atoms with Gasteiger partial charge in [-0.25, -0.2) is 4.39 Å². The van der Waals surface area contributed by atoms with Crippen molar-refractivity contribution in [2.24, 2.45) is 35.5 Å². The Morgan fingerprint density at radius 3 is 2.43 bits per heavy atom. The zero-order valence-electron chi connectivity index (χ0n) is 25.9. The van der Waals surface area contributed by atoms with Crippen LogP contribution < -0.4 is 0 Å². The number of nitrogens with zero attached hydrogens (tertiary/aromatic N) is 3. The van der Waals surface area contributed by atoms with E-state index in [2.05, 4.69) is 35.6 Å². The third-order valence-corrected chi connectivity index (χ3v) is 11.5. The topological polar surface area (TPSA) is 58.4 Å². The lowest BCUT2D eigenvalue weighted by Gasteiger charge is -2.35. The fourth-order valence-corrected chi connectivity index (χ4v) is 8.79. The first kappa shape index (κ1) is 29.8. The number of aromatic nitrogens is 2. The highest BCUT2D eigenvalue weighted by atomic mass is 19.1. The van der Waals surface area contributed by atoms with Crippen LogP contribution in [0.15, 0.2) is 30.3 Å². The van der Waals surface area contributed by atoms with Crippen molar-refractivity contribution < 1.29 is 14.3 Å². The maximum absolute atomic E-state index is 14.3. The Hall–Kier alpha value is -2.21. The molecule has 0 radical (unpaired) electrons. The van der Waals surface area contributed by atoms with Gasteiger partial charge in [0.15, 0.2) is 0 Å². The van der Waals surface area contributed by atoms with E-state index >= 15 is 0 Å². The Kier molecular flexibility index (Phi) is 9.38. The number of hydrogen-bond donors (Lipinski definition) is 1. The number of halogens is 1. The zero-order valence-corrected chi connectivity index (χ0v) is 25.9. The van der Waals surface area contributed by atoms with Crippen molar-refractivity contribution >= 4 is 5.97 Å². The van der Waals surface area contributed by atoms with Crippen molar-refractivity contribution in [3.63, 3.8) is 0 Å². The molecule has 42 heavy (non-hydrogen) atoms. The Balaban J connectivity index is 1.09. The van der Waals surface area contributed by atoms with E-state index in [1.54, 1.807) is 6.07 Å². The average Bonchev–Trinajstić information content (AvgIpc) is 3.58. The lowest BCUT2D eigenvalue weighted by molar-refractivity contribution is -0.144. The van der Waals surface area contributed by atoms with Gasteiger partial charge in [-0.3, -0.25) is 9.48 Å². The van der Waals surface area contributed by atoms with E-state index in [-0.39, 0.29) is 23.6 Å². The van der Waals surface area contributed by atoms with E-state index in [4.69, 9.17) is 5.10 Å². The molecule has 6 heteroatoms. The summed E-state index contributed by atoms with van der Waals surface area (Å²) in [5.74, 6) is 2.55. The third-order valence-electron chi connectivity index (χ3n) is 11.5. The van der Waals surface area contributed by atoms with Crippen molar-refractivity contribution in [3.05, 3.63) is 53.1 Å². The summed E-state index contributed by atoms with van der Waals surface area (Å²) in [4.78, 5) is 14.9.